The van der Waals surface area contributed by atoms with Crippen molar-refractivity contribution < 1.29 is 0 Å². The number of H-pyrrole nitrogens is 1. The molecule has 4 aromatic rings. The van der Waals surface area contributed by atoms with Crippen LogP contribution in [0.15, 0.2) is 73.1 Å². The third-order valence-corrected chi connectivity index (χ3v) is 3.85. The molecule has 4 nitrogen and oxygen atoms in total. The molecule has 2 heterocycles. The van der Waals surface area contributed by atoms with Crippen LogP contribution in [0.4, 0.5) is 0 Å². The van der Waals surface area contributed by atoms with Crippen molar-refractivity contribution in [2.75, 3.05) is 0 Å². The summed E-state index contributed by atoms with van der Waals surface area (Å²) in [7, 11) is 0. The topological polar surface area (TPSA) is 46.5 Å². The summed E-state index contributed by atoms with van der Waals surface area (Å²) >= 11 is 0. The number of aromatic amines is 1. The molecule has 0 aliphatic rings. The lowest BCUT2D eigenvalue weighted by molar-refractivity contribution is 0.888. The Morgan fingerprint density at radius 1 is 0.913 bits per heavy atom. The maximum absolute atomic E-state index is 4.81. The van der Waals surface area contributed by atoms with E-state index in [1.54, 1.807) is 6.33 Å². The quantitative estimate of drug-likeness (QED) is 0.615. The van der Waals surface area contributed by atoms with Crippen molar-refractivity contribution in [2.24, 2.45) is 0 Å². The Labute approximate surface area is 134 Å². The number of imidazole rings is 1. The van der Waals surface area contributed by atoms with Gasteiger partial charge in [0.2, 0.25) is 0 Å². The molecule has 112 valence electrons. The molecule has 4 rings (SSSR count). The number of para-hydroxylation sites is 1. The molecule has 1 N–H and O–H groups in total. The lowest BCUT2D eigenvalue weighted by atomic mass is 10.1. The second-order valence-electron chi connectivity index (χ2n) is 5.40. The van der Waals surface area contributed by atoms with Crippen LogP contribution in [0.2, 0.25) is 0 Å². The van der Waals surface area contributed by atoms with Gasteiger partial charge < -0.3 is 4.98 Å². The summed E-state index contributed by atoms with van der Waals surface area (Å²) in [5, 5.41) is 4.81. The maximum Gasteiger partial charge on any atom is 0.109 e. The maximum atomic E-state index is 4.81. The van der Waals surface area contributed by atoms with Crippen LogP contribution in [-0.2, 0) is 0 Å². The van der Waals surface area contributed by atoms with Gasteiger partial charge in [-0.25, -0.2) is 9.67 Å². The average Bonchev–Trinajstić information content (AvgIpc) is 3.22. The van der Waals surface area contributed by atoms with Crippen molar-refractivity contribution in [3.05, 3.63) is 78.8 Å². The molecule has 0 aliphatic carbocycles. The number of hydrogen-bond donors (Lipinski definition) is 1. The second kappa shape index (κ2) is 5.57. The van der Waals surface area contributed by atoms with E-state index in [-0.39, 0.29) is 0 Å². The van der Waals surface area contributed by atoms with Gasteiger partial charge in [0, 0.05) is 11.3 Å². The lowest BCUT2D eigenvalue weighted by Crippen LogP contribution is -1.99. The highest BCUT2D eigenvalue weighted by molar-refractivity contribution is 5.69. The zero-order valence-corrected chi connectivity index (χ0v) is 12.8. The summed E-state index contributed by atoms with van der Waals surface area (Å²) in [6.07, 6.45) is 1.72. The van der Waals surface area contributed by atoms with Gasteiger partial charge in [0.15, 0.2) is 0 Å². The predicted octanol–water partition coefficient (Wildman–Crippen LogP) is 4.24. The number of hydrogen-bond acceptors (Lipinski definition) is 2. The van der Waals surface area contributed by atoms with Gasteiger partial charge >= 0.3 is 0 Å². The van der Waals surface area contributed by atoms with E-state index in [4.69, 9.17) is 5.10 Å². The van der Waals surface area contributed by atoms with E-state index in [0.717, 1.165) is 34.0 Å². The van der Waals surface area contributed by atoms with Gasteiger partial charge in [0.1, 0.15) is 5.69 Å². The van der Waals surface area contributed by atoms with Crippen LogP contribution in [0.3, 0.4) is 0 Å². The van der Waals surface area contributed by atoms with Crippen molar-refractivity contribution in [3.63, 3.8) is 0 Å². The highest BCUT2D eigenvalue weighted by Gasteiger charge is 2.16. The summed E-state index contributed by atoms with van der Waals surface area (Å²) in [5.41, 5.74) is 5.98. The fourth-order valence-electron chi connectivity index (χ4n) is 2.68. The molecule has 0 unspecified atom stereocenters. The van der Waals surface area contributed by atoms with Crippen LogP contribution in [0.1, 0.15) is 5.69 Å². The van der Waals surface area contributed by atoms with Crippen molar-refractivity contribution in [3.8, 4) is 28.3 Å². The zero-order chi connectivity index (χ0) is 15.6. The van der Waals surface area contributed by atoms with E-state index < -0.39 is 0 Å². The van der Waals surface area contributed by atoms with E-state index in [1.807, 2.05) is 60.1 Å². The Morgan fingerprint density at radius 2 is 1.61 bits per heavy atom. The smallest absolute Gasteiger partial charge is 0.109 e. The number of nitrogens with zero attached hydrogens (tertiary/aromatic N) is 3. The summed E-state index contributed by atoms with van der Waals surface area (Å²) in [4.78, 5) is 7.61. The molecule has 0 saturated carbocycles. The first-order chi connectivity index (χ1) is 11.3. The molecule has 0 amide bonds. The predicted molar refractivity (Wildman–Crippen MR) is 91.3 cm³/mol. The van der Waals surface area contributed by atoms with Crippen molar-refractivity contribution in [1.82, 2.24) is 19.7 Å². The normalized spacial score (nSPS) is 10.8. The molecule has 0 fully saturated rings. The average molecular weight is 300 g/mol. The molecule has 0 aliphatic heterocycles. The van der Waals surface area contributed by atoms with Gasteiger partial charge in [0.25, 0.3) is 0 Å². The van der Waals surface area contributed by atoms with Gasteiger partial charge in [-0.2, -0.15) is 5.10 Å². The first kappa shape index (κ1) is 13.5. The summed E-state index contributed by atoms with van der Waals surface area (Å²) < 4.78 is 1.95. The number of benzene rings is 2. The molecule has 0 atom stereocenters. The molecule has 0 radical (unpaired) electrons. The molecule has 0 bridgehead atoms. The van der Waals surface area contributed by atoms with E-state index in [9.17, 15) is 0 Å². The van der Waals surface area contributed by atoms with Crippen LogP contribution >= 0.6 is 0 Å². The van der Waals surface area contributed by atoms with Crippen molar-refractivity contribution >= 4 is 0 Å². The lowest BCUT2D eigenvalue weighted by Gasteiger charge is -2.06. The standard InChI is InChI=1S/C19H16N4/c1-14-19(21-13-20-14)18-12-17(15-8-4-2-5-9-15)22-23(18)16-10-6-3-7-11-16/h2-13H,1H3,(H,20,21). The van der Waals surface area contributed by atoms with Crippen LogP contribution in [-0.4, -0.2) is 19.7 Å². The highest BCUT2D eigenvalue weighted by atomic mass is 15.3. The molecule has 4 heteroatoms. The van der Waals surface area contributed by atoms with Crippen LogP contribution in [0.25, 0.3) is 28.3 Å². The first-order valence-corrected chi connectivity index (χ1v) is 7.54. The number of aromatic nitrogens is 4. The Morgan fingerprint density at radius 3 is 2.26 bits per heavy atom. The SMILES string of the molecule is Cc1[nH]cnc1-c1cc(-c2ccccc2)nn1-c1ccccc1. The van der Waals surface area contributed by atoms with Crippen molar-refractivity contribution in [1.29, 1.82) is 0 Å². The van der Waals surface area contributed by atoms with Crippen LogP contribution < -0.4 is 0 Å². The van der Waals surface area contributed by atoms with Gasteiger partial charge in [-0.15, -0.1) is 0 Å². The summed E-state index contributed by atoms with van der Waals surface area (Å²) in [5.74, 6) is 0. The van der Waals surface area contributed by atoms with Gasteiger partial charge in [-0.05, 0) is 25.1 Å². The minimum Gasteiger partial charge on any atom is -0.348 e. The molecule has 23 heavy (non-hydrogen) atoms. The Balaban J connectivity index is 1.93. The monoisotopic (exact) mass is 300 g/mol. The summed E-state index contributed by atoms with van der Waals surface area (Å²) in [6.45, 7) is 2.02. The fourth-order valence-corrected chi connectivity index (χ4v) is 2.68. The van der Waals surface area contributed by atoms with E-state index in [1.165, 1.54) is 0 Å². The molecular weight excluding hydrogens is 284 g/mol. The molecule has 2 aromatic carbocycles. The van der Waals surface area contributed by atoms with Crippen molar-refractivity contribution in [2.45, 2.75) is 6.92 Å². The minimum absolute atomic E-state index is 0.920. The number of aryl methyl sites for hydroxylation is 1. The number of rotatable bonds is 3. The van der Waals surface area contributed by atoms with Gasteiger partial charge in [-0.3, -0.25) is 0 Å². The Kier molecular flexibility index (Phi) is 3.27. The first-order valence-electron chi connectivity index (χ1n) is 7.54. The van der Waals surface area contributed by atoms with Gasteiger partial charge in [-0.1, -0.05) is 48.5 Å². The Hall–Kier alpha value is -3.14. The zero-order valence-electron chi connectivity index (χ0n) is 12.8. The number of nitrogens with one attached hydrogen (secondary N) is 1. The van der Waals surface area contributed by atoms with E-state index in [2.05, 4.69) is 28.2 Å². The molecular formula is C19H16N4. The largest absolute Gasteiger partial charge is 0.348 e. The molecule has 0 spiro atoms. The highest BCUT2D eigenvalue weighted by Crippen LogP contribution is 2.28. The second-order valence-corrected chi connectivity index (χ2v) is 5.40. The van der Waals surface area contributed by atoms with E-state index in [0.29, 0.717) is 0 Å². The van der Waals surface area contributed by atoms with E-state index >= 15 is 0 Å². The third kappa shape index (κ3) is 2.44. The minimum atomic E-state index is 0.920. The van der Waals surface area contributed by atoms with Crippen LogP contribution in [0.5, 0.6) is 0 Å². The molecule has 0 saturated heterocycles. The summed E-state index contributed by atoms with van der Waals surface area (Å²) in [6, 6.07) is 22.4. The Bertz CT molecular complexity index is 920. The molecule has 2 aromatic heterocycles. The third-order valence-electron chi connectivity index (χ3n) is 3.85. The van der Waals surface area contributed by atoms with Crippen LogP contribution in [0, 0.1) is 6.92 Å². The van der Waals surface area contributed by atoms with Gasteiger partial charge in [0.05, 0.1) is 23.4 Å². The fraction of sp³-hybridized carbons (Fsp3) is 0.0526.